The van der Waals surface area contributed by atoms with Crippen molar-refractivity contribution in [3.05, 3.63) is 63.3 Å². The maximum absolute atomic E-state index is 3.83. The van der Waals surface area contributed by atoms with E-state index in [1.165, 1.54) is 27.2 Å². The fourth-order valence-electron chi connectivity index (χ4n) is 8.53. The maximum atomic E-state index is 3.83. The van der Waals surface area contributed by atoms with E-state index in [0.29, 0.717) is 33.2 Å². The molecule has 2 aromatic heterocycles. The van der Waals surface area contributed by atoms with Crippen molar-refractivity contribution in [1.82, 2.24) is 0 Å². The number of thiophene rings is 2. The van der Waals surface area contributed by atoms with E-state index in [0.717, 1.165) is 19.5 Å². The second kappa shape index (κ2) is 22.9. The van der Waals surface area contributed by atoms with Gasteiger partial charge < -0.3 is 0 Å². The lowest BCUT2D eigenvalue weighted by molar-refractivity contribution is 0.838. The Labute approximate surface area is 373 Å². The molecular formula is C49H77IS2Si4. The molecule has 0 radical (unpaired) electrons. The van der Waals surface area contributed by atoms with Crippen molar-refractivity contribution in [2.75, 3.05) is 0 Å². The highest BCUT2D eigenvalue weighted by atomic mass is 127. The zero-order chi connectivity index (χ0) is 43.4. The van der Waals surface area contributed by atoms with E-state index >= 15 is 0 Å². The first-order valence-corrected chi connectivity index (χ1v) is 35.2. The van der Waals surface area contributed by atoms with E-state index in [2.05, 4.69) is 237 Å². The van der Waals surface area contributed by atoms with Crippen molar-refractivity contribution in [1.29, 1.82) is 0 Å². The van der Waals surface area contributed by atoms with Gasteiger partial charge in [-0.1, -0.05) is 199 Å². The molecule has 0 fully saturated rings. The van der Waals surface area contributed by atoms with Gasteiger partial charge in [0.15, 0.2) is 0 Å². The van der Waals surface area contributed by atoms with Crippen LogP contribution in [0.25, 0.3) is 0 Å². The van der Waals surface area contributed by atoms with Gasteiger partial charge in [-0.05, 0) is 86.6 Å². The average Bonchev–Trinajstić information content (AvgIpc) is 3.73. The van der Waals surface area contributed by atoms with Crippen molar-refractivity contribution in [3.63, 3.8) is 0 Å². The standard InChI is InChI=1S/C26H42SSi2.C23H35ISSi2/c1-12-13-26(28(9,10)11)23(8)14-15-24-16-17-25(27-24)18-19-29(20(2)3,21(4)5)22(6)7;1-17(2)27(18(3)4,19(5)6)16-15-22-14-13-21(25-22)12-11-20(7)23(24)26(8,9)10/h16-17,20-22H,12-13H2,1-11H3;13-14,17-19H,1-10H3/b26-23+;23-20+. The molecule has 0 spiro atoms. The summed E-state index contributed by atoms with van der Waals surface area (Å²) in [6.07, 6.45) is 2.38. The zero-order valence-electron chi connectivity index (χ0n) is 39.4. The molecule has 0 nitrogen and oxygen atoms in total. The van der Waals surface area contributed by atoms with Gasteiger partial charge in [-0.2, -0.15) is 0 Å². The van der Waals surface area contributed by atoms with Crippen LogP contribution >= 0.6 is 45.3 Å². The summed E-state index contributed by atoms with van der Waals surface area (Å²) in [5.41, 5.74) is 14.2. The Balaban J connectivity index is 0.000000561. The minimum absolute atomic E-state index is 0.667. The van der Waals surface area contributed by atoms with Crippen LogP contribution in [0.3, 0.4) is 0 Å². The van der Waals surface area contributed by atoms with Crippen LogP contribution < -0.4 is 0 Å². The van der Waals surface area contributed by atoms with Crippen LogP contribution in [-0.2, 0) is 0 Å². The quantitative estimate of drug-likeness (QED) is 0.126. The molecule has 0 aliphatic carbocycles. The normalized spacial score (nSPS) is 13.2. The van der Waals surface area contributed by atoms with Gasteiger partial charge in [-0.3, -0.25) is 0 Å². The third-order valence-electron chi connectivity index (χ3n) is 11.3. The summed E-state index contributed by atoms with van der Waals surface area (Å²) < 4.78 is 1.46. The highest BCUT2D eigenvalue weighted by Gasteiger charge is 2.42. The second-order valence-electron chi connectivity index (χ2n) is 19.4. The van der Waals surface area contributed by atoms with E-state index in [1.807, 2.05) is 0 Å². The van der Waals surface area contributed by atoms with Gasteiger partial charge in [0.25, 0.3) is 0 Å². The van der Waals surface area contributed by atoms with Crippen molar-refractivity contribution in [3.8, 4) is 46.6 Å². The Morgan fingerprint density at radius 2 is 0.821 bits per heavy atom. The molecule has 0 saturated carbocycles. The molecule has 0 aliphatic rings. The topological polar surface area (TPSA) is 0 Å². The van der Waals surface area contributed by atoms with Crippen LogP contribution in [0, 0.1) is 46.6 Å². The summed E-state index contributed by atoms with van der Waals surface area (Å²) in [6, 6.07) is 8.57. The van der Waals surface area contributed by atoms with Crippen molar-refractivity contribution in [2.45, 2.75) is 189 Å². The van der Waals surface area contributed by atoms with Crippen LogP contribution in [0.5, 0.6) is 0 Å². The minimum atomic E-state index is -1.68. The number of hydrogen-bond donors (Lipinski definition) is 0. The van der Waals surface area contributed by atoms with Crippen molar-refractivity contribution in [2.24, 2.45) is 0 Å². The number of halogens is 1. The number of allylic oxidation sites excluding steroid dienone is 3. The van der Waals surface area contributed by atoms with Gasteiger partial charge in [0.05, 0.1) is 35.7 Å². The Bertz CT molecular complexity index is 1860. The maximum Gasteiger partial charge on any atom is 0.146 e. The summed E-state index contributed by atoms with van der Waals surface area (Å²) in [6.45, 7) is 49.4. The summed E-state index contributed by atoms with van der Waals surface area (Å²) in [5, 5.41) is 1.62. The lowest BCUT2D eigenvalue weighted by atomic mass is 10.2. The first-order chi connectivity index (χ1) is 25.7. The van der Waals surface area contributed by atoms with Crippen LogP contribution in [-0.4, -0.2) is 32.3 Å². The van der Waals surface area contributed by atoms with E-state index in [1.54, 1.807) is 27.9 Å². The Morgan fingerprint density at radius 3 is 1.09 bits per heavy atom. The van der Waals surface area contributed by atoms with E-state index < -0.39 is 32.3 Å². The highest BCUT2D eigenvalue weighted by molar-refractivity contribution is 14.1. The lowest BCUT2D eigenvalue weighted by Gasteiger charge is -2.38. The van der Waals surface area contributed by atoms with Gasteiger partial charge in [-0.15, -0.1) is 33.8 Å². The van der Waals surface area contributed by atoms with E-state index in [9.17, 15) is 0 Å². The molecule has 0 aromatic carbocycles. The largest absolute Gasteiger partial charge is 0.146 e. The summed E-state index contributed by atoms with van der Waals surface area (Å²) in [7, 11) is -5.92. The molecule has 0 bridgehead atoms. The second-order valence-corrected chi connectivity index (χ2v) is 44.9. The number of hydrogen-bond acceptors (Lipinski definition) is 2. The van der Waals surface area contributed by atoms with Crippen LogP contribution in [0.1, 0.15) is 136 Å². The zero-order valence-corrected chi connectivity index (χ0v) is 47.2. The molecule has 0 unspecified atom stereocenters. The monoisotopic (exact) mass is 968 g/mol. The third-order valence-corrected chi connectivity index (χ3v) is 35.5. The molecule has 56 heavy (non-hydrogen) atoms. The van der Waals surface area contributed by atoms with Gasteiger partial charge in [0, 0.05) is 5.57 Å². The molecule has 0 aliphatic heterocycles. The fourth-order valence-corrected chi connectivity index (χ4v) is 24.1. The molecule has 0 amide bonds. The molecule has 0 atom stereocenters. The predicted molar refractivity (Wildman–Crippen MR) is 279 cm³/mol. The van der Waals surface area contributed by atoms with Gasteiger partial charge >= 0.3 is 0 Å². The van der Waals surface area contributed by atoms with Gasteiger partial charge in [0.2, 0.25) is 0 Å². The summed E-state index contributed by atoms with van der Waals surface area (Å²) in [5.74, 6) is 20.7. The Hall–Kier alpha value is -1.28. The minimum Gasteiger partial charge on any atom is -0.124 e. The van der Waals surface area contributed by atoms with Crippen LogP contribution in [0.4, 0.5) is 0 Å². The molecule has 2 aromatic rings. The van der Waals surface area contributed by atoms with E-state index in [4.69, 9.17) is 0 Å². The SMILES string of the molecule is C/C(C#Cc1ccc(C#C[Si](C(C)C)(C(C)C)C(C)C)s1)=C(/I)[Si](C)(C)C.CCC/C(=C(/C)C#Cc1ccc(C#C[Si](C(C)C)(C(C)C)C(C)C)s1)[Si](C)(C)C. The van der Waals surface area contributed by atoms with Crippen molar-refractivity contribution >= 4 is 77.6 Å². The molecule has 2 rings (SSSR count). The summed E-state index contributed by atoms with van der Waals surface area (Å²) >= 11 is 5.97. The van der Waals surface area contributed by atoms with Crippen LogP contribution in [0.2, 0.25) is 72.5 Å². The molecule has 308 valence electrons. The Kier molecular flexibility index (Phi) is 21.6. The lowest BCUT2D eigenvalue weighted by Crippen LogP contribution is -2.43. The first kappa shape index (κ1) is 52.7. The highest BCUT2D eigenvalue weighted by Crippen LogP contribution is 2.42. The van der Waals surface area contributed by atoms with Gasteiger partial charge in [-0.25, -0.2) is 0 Å². The van der Waals surface area contributed by atoms with Gasteiger partial charge in [0.1, 0.15) is 16.1 Å². The average molecular weight is 970 g/mol. The molecule has 0 N–H and O–H groups in total. The molecule has 2 heterocycles. The Morgan fingerprint density at radius 1 is 0.518 bits per heavy atom. The van der Waals surface area contributed by atoms with Crippen molar-refractivity contribution < 1.29 is 0 Å². The summed E-state index contributed by atoms with van der Waals surface area (Å²) in [4.78, 5) is 4.56. The predicted octanol–water partition coefficient (Wildman–Crippen LogP) is 16.9. The molecule has 7 heteroatoms. The number of rotatable bonds is 10. The first-order valence-electron chi connectivity index (χ1n) is 21.0. The smallest absolute Gasteiger partial charge is 0.124 e. The fraction of sp³-hybridized carbons (Fsp3) is 0.592. The van der Waals surface area contributed by atoms with Crippen LogP contribution in [0.15, 0.2) is 43.8 Å². The van der Waals surface area contributed by atoms with E-state index in [-0.39, 0.29) is 0 Å². The molecular weight excluding hydrogens is 892 g/mol. The molecule has 0 saturated heterocycles. The third kappa shape index (κ3) is 14.8.